The monoisotopic (exact) mass is 293 g/mol. The number of hydrogen-bond donors (Lipinski definition) is 2. The molecule has 0 saturated heterocycles. The summed E-state index contributed by atoms with van der Waals surface area (Å²) in [5, 5.41) is 3.89. The first-order chi connectivity index (χ1) is 9.48. The Hall–Kier alpha value is -1.66. The molecule has 2 N–H and O–H groups in total. The van der Waals surface area contributed by atoms with Crippen LogP contribution < -0.4 is 10.0 Å². The molecule has 2 aromatic rings. The van der Waals surface area contributed by atoms with Gasteiger partial charge in [-0.25, -0.2) is 8.42 Å². The summed E-state index contributed by atoms with van der Waals surface area (Å²) < 4.78 is 26.7. The zero-order valence-corrected chi connectivity index (χ0v) is 12.4. The van der Waals surface area contributed by atoms with Crippen LogP contribution in [0.25, 0.3) is 10.9 Å². The van der Waals surface area contributed by atoms with Crippen molar-refractivity contribution in [3.05, 3.63) is 36.5 Å². The van der Waals surface area contributed by atoms with Gasteiger partial charge in [-0.2, -0.15) is 0 Å². The highest BCUT2D eigenvalue weighted by molar-refractivity contribution is 7.92. The molecular weight excluding hydrogens is 274 g/mol. The van der Waals surface area contributed by atoms with E-state index >= 15 is 0 Å². The number of aromatic nitrogens is 1. The Kier molecular flexibility index (Phi) is 4.57. The summed E-state index contributed by atoms with van der Waals surface area (Å²) in [6.45, 7) is 4.39. The van der Waals surface area contributed by atoms with Gasteiger partial charge in [0.05, 0.1) is 17.0 Å². The highest BCUT2D eigenvalue weighted by Crippen LogP contribution is 2.22. The second-order valence-corrected chi connectivity index (χ2v) is 6.75. The van der Waals surface area contributed by atoms with Crippen LogP contribution in [0, 0.1) is 0 Å². The predicted octanol–water partition coefficient (Wildman–Crippen LogP) is 1.97. The van der Waals surface area contributed by atoms with E-state index in [9.17, 15) is 8.42 Å². The molecule has 0 unspecified atom stereocenters. The van der Waals surface area contributed by atoms with Crippen molar-refractivity contribution in [2.24, 2.45) is 0 Å². The van der Waals surface area contributed by atoms with Crippen LogP contribution in [0.15, 0.2) is 36.5 Å². The lowest BCUT2D eigenvalue weighted by molar-refractivity contribution is 0.582. The summed E-state index contributed by atoms with van der Waals surface area (Å²) in [7, 11) is -3.36. The van der Waals surface area contributed by atoms with E-state index in [0.717, 1.165) is 10.9 Å². The van der Waals surface area contributed by atoms with E-state index in [1.807, 2.05) is 26.0 Å². The highest BCUT2D eigenvalue weighted by atomic mass is 32.2. The summed E-state index contributed by atoms with van der Waals surface area (Å²) in [4.78, 5) is 4.21. The quantitative estimate of drug-likeness (QED) is 0.854. The maximum Gasteiger partial charge on any atom is 0.233 e. The number of rotatable bonds is 6. The van der Waals surface area contributed by atoms with Crippen molar-refractivity contribution in [3.63, 3.8) is 0 Å². The normalized spacial score (nSPS) is 11.9. The van der Waals surface area contributed by atoms with E-state index in [1.54, 1.807) is 24.4 Å². The molecule has 6 heteroatoms. The molecule has 1 aromatic heterocycles. The molecule has 0 spiro atoms. The van der Waals surface area contributed by atoms with Crippen molar-refractivity contribution >= 4 is 26.6 Å². The van der Waals surface area contributed by atoms with Crippen molar-refractivity contribution in [1.29, 1.82) is 0 Å². The molecule has 0 bridgehead atoms. The first-order valence-electron chi connectivity index (χ1n) is 6.55. The van der Waals surface area contributed by atoms with Crippen molar-refractivity contribution < 1.29 is 8.42 Å². The fraction of sp³-hybridized carbons (Fsp3) is 0.357. The second kappa shape index (κ2) is 6.19. The molecule has 1 heterocycles. The molecule has 0 atom stereocenters. The summed E-state index contributed by atoms with van der Waals surface area (Å²) in [6.07, 6.45) is 1.69. The number of benzene rings is 1. The molecule has 108 valence electrons. The lowest BCUT2D eigenvalue weighted by atomic mass is 10.2. The van der Waals surface area contributed by atoms with Gasteiger partial charge in [-0.3, -0.25) is 9.71 Å². The number of nitrogens with one attached hydrogen (secondary N) is 2. The summed E-state index contributed by atoms with van der Waals surface area (Å²) in [5.41, 5.74) is 1.34. The number of hydrogen-bond acceptors (Lipinski definition) is 4. The van der Waals surface area contributed by atoms with Gasteiger partial charge in [-0.1, -0.05) is 19.9 Å². The van der Waals surface area contributed by atoms with Crippen LogP contribution in [-0.4, -0.2) is 31.7 Å². The van der Waals surface area contributed by atoms with Gasteiger partial charge in [0.2, 0.25) is 10.0 Å². The Morgan fingerprint density at radius 1 is 1.20 bits per heavy atom. The van der Waals surface area contributed by atoms with E-state index in [2.05, 4.69) is 15.0 Å². The molecular formula is C14H19N3O2S. The van der Waals surface area contributed by atoms with Gasteiger partial charge in [0.15, 0.2) is 0 Å². The van der Waals surface area contributed by atoms with Crippen LogP contribution in [0.2, 0.25) is 0 Å². The molecule has 0 saturated carbocycles. The number of fused-ring (bicyclic) bond motifs is 1. The Balaban J connectivity index is 2.15. The van der Waals surface area contributed by atoms with Gasteiger partial charge < -0.3 is 5.32 Å². The summed E-state index contributed by atoms with van der Waals surface area (Å²) >= 11 is 0. The Morgan fingerprint density at radius 2 is 2.00 bits per heavy atom. The summed E-state index contributed by atoms with van der Waals surface area (Å²) in [5.74, 6) is 0.0435. The van der Waals surface area contributed by atoms with Gasteiger partial charge in [-0.05, 0) is 24.3 Å². The second-order valence-electron chi connectivity index (χ2n) is 4.91. The maximum atomic E-state index is 12.1. The van der Waals surface area contributed by atoms with Crippen molar-refractivity contribution in [2.75, 3.05) is 17.0 Å². The van der Waals surface area contributed by atoms with E-state index in [-0.39, 0.29) is 11.8 Å². The molecule has 0 aliphatic carbocycles. The lowest BCUT2D eigenvalue weighted by Crippen LogP contribution is -2.30. The minimum Gasteiger partial charge on any atom is -0.313 e. The third-order valence-electron chi connectivity index (χ3n) is 2.83. The molecule has 2 rings (SSSR count). The molecule has 20 heavy (non-hydrogen) atoms. The Labute approximate surface area is 119 Å². The van der Waals surface area contributed by atoms with Gasteiger partial charge in [0.1, 0.15) is 0 Å². The van der Waals surface area contributed by atoms with E-state index in [4.69, 9.17) is 0 Å². The summed E-state index contributed by atoms with van der Waals surface area (Å²) in [6, 6.07) is 9.31. The van der Waals surface area contributed by atoms with Crippen LogP contribution in [0.1, 0.15) is 13.8 Å². The zero-order valence-electron chi connectivity index (χ0n) is 11.6. The average molecular weight is 293 g/mol. The first kappa shape index (κ1) is 14.7. The largest absolute Gasteiger partial charge is 0.313 e. The highest BCUT2D eigenvalue weighted by Gasteiger charge is 2.12. The Morgan fingerprint density at radius 3 is 2.75 bits per heavy atom. The minimum atomic E-state index is -3.36. The number of nitrogens with zero attached hydrogens (tertiary/aromatic N) is 1. The molecule has 0 fully saturated rings. The smallest absolute Gasteiger partial charge is 0.233 e. The third-order valence-corrected chi connectivity index (χ3v) is 4.11. The number of pyridine rings is 1. The van der Waals surface area contributed by atoms with Gasteiger partial charge in [-0.15, -0.1) is 0 Å². The molecule has 1 aromatic carbocycles. The first-order valence-corrected chi connectivity index (χ1v) is 8.21. The standard InChI is InChI=1S/C14H19N3O2S/c1-11(2)15-9-10-20(18,19)17-14-7-3-6-13-12(14)5-4-8-16-13/h3-8,11,15,17H,9-10H2,1-2H3. The molecule has 5 nitrogen and oxygen atoms in total. The molecule has 0 aliphatic heterocycles. The van der Waals surface area contributed by atoms with Crippen LogP contribution in [-0.2, 0) is 10.0 Å². The van der Waals surface area contributed by atoms with E-state index in [1.165, 1.54) is 0 Å². The van der Waals surface area contributed by atoms with Crippen LogP contribution in [0.5, 0.6) is 0 Å². The topological polar surface area (TPSA) is 71.1 Å². The van der Waals surface area contributed by atoms with Crippen molar-refractivity contribution in [2.45, 2.75) is 19.9 Å². The lowest BCUT2D eigenvalue weighted by Gasteiger charge is -2.12. The van der Waals surface area contributed by atoms with Gasteiger partial charge >= 0.3 is 0 Å². The number of anilines is 1. The predicted molar refractivity (Wildman–Crippen MR) is 82.3 cm³/mol. The number of sulfonamides is 1. The van der Waals surface area contributed by atoms with E-state index < -0.39 is 10.0 Å². The zero-order chi connectivity index (χ0) is 14.6. The van der Waals surface area contributed by atoms with Crippen LogP contribution >= 0.6 is 0 Å². The van der Waals surface area contributed by atoms with Gasteiger partial charge in [0.25, 0.3) is 0 Å². The minimum absolute atomic E-state index is 0.0435. The van der Waals surface area contributed by atoms with Gasteiger partial charge in [0, 0.05) is 24.2 Å². The third kappa shape index (κ3) is 3.91. The SMILES string of the molecule is CC(C)NCCS(=O)(=O)Nc1cccc2ncccc12. The molecule has 0 aliphatic rings. The Bertz CT molecular complexity index is 678. The van der Waals surface area contributed by atoms with Crippen molar-refractivity contribution in [1.82, 2.24) is 10.3 Å². The van der Waals surface area contributed by atoms with Crippen LogP contribution in [0.4, 0.5) is 5.69 Å². The van der Waals surface area contributed by atoms with Crippen LogP contribution in [0.3, 0.4) is 0 Å². The van der Waals surface area contributed by atoms with Crippen molar-refractivity contribution in [3.8, 4) is 0 Å². The molecule has 0 radical (unpaired) electrons. The average Bonchev–Trinajstić information content (AvgIpc) is 2.38. The fourth-order valence-corrected chi connectivity index (χ4v) is 2.89. The maximum absolute atomic E-state index is 12.1. The molecule has 0 amide bonds. The fourth-order valence-electron chi connectivity index (χ4n) is 1.89. The van der Waals surface area contributed by atoms with E-state index in [0.29, 0.717) is 12.2 Å².